The molecule has 0 aromatic rings. The largest absolute Gasteiger partial charge is 0.393 e. The van der Waals surface area contributed by atoms with E-state index >= 15 is 0 Å². The summed E-state index contributed by atoms with van der Waals surface area (Å²) in [5.74, 6) is -4.39. The lowest BCUT2D eigenvalue weighted by molar-refractivity contribution is -0.162. The molecule has 3 aliphatic rings. The normalized spacial score (nSPS) is 37.8. The summed E-state index contributed by atoms with van der Waals surface area (Å²) in [5.41, 5.74) is -0.534. The van der Waals surface area contributed by atoms with Gasteiger partial charge in [0.1, 0.15) is 0 Å². The van der Waals surface area contributed by atoms with E-state index in [1.54, 1.807) is 6.92 Å². The molecule has 2 fully saturated rings. The molecule has 100 valence electrons. The molecule has 0 radical (unpaired) electrons. The van der Waals surface area contributed by atoms with Gasteiger partial charge in [0.05, 0.1) is 23.7 Å². The Bertz CT molecular complexity index is 545. The van der Waals surface area contributed by atoms with Gasteiger partial charge in [-0.05, 0) is 19.8 Å². The van der Waals surface area contributed by atoms with E-state index in [4.69, 9.17) is 4.74 Å². The molecule has 0 saturated carbocycles. The second-order valence-electron chi connectivity index (χ2n) is 5.22. The van der Waals surface area contributed by atoms with Crippen LogP contribution in [-0.4, -0.2) is 23.9 Å². The van der Waals surface area contributed by atoms with Crippen LogP contribution >= 0.6 is 0 Å². The zero-order chi connectivity index (χ0) is 13.8. The average Bonchev–Trinajstić information content (AvgIpc) is 2.79. The van der Waals surface area contributed by atoms with Crippen molar-refractivity contribution in [2.45, 2.75) is 26.2 Å². The lowest BCUT2D eigenvalue weighted by Crippen LogP contribution is -2.45. The molecule has 0 aromatic heterocycles. The van der Waals surface area contributed by atoms with Crippen LogP contribution in [0, 0.1) is 17.3 Å². The lowest BCUT2D eigenvalue weighted by atomic mass is 9.60. The monoisotopic (exact) mass is 264 g/mol. The number of ether oxygens (including phenoxy) is 2. The van der Waals surface area contributed by atoms with Crippen molar-refractivity contribution in [3.63, 3.8) is 0 Å². The molecule has 0 aromatic carbocycles. The quantitative estimate of drug-likeness (QED) is 0.389. The third-order valence-electron chi connectivity index (χ3n) is 4.30. The van der Waals surface area contributed by atoms with Crippen molar-refractivity contribution < 1.29 is 28.7 Å². The maximum absolute atomic E-state index is 12.1. The third kappa shape index (κ3) is 1.42. The number of carbonyl (C=O) groups excluding carboxylic acids is 4. The number of esters is 4. The molecule has 0 N–H and O–H groups in total. The Morgan fingerprint density at radius 2 is 1.89 bits per heavy atom. The minimum Gasteiger partial charge on any atom is -0.393 e. The summed E-state index contributed by atoms with van der Waals surface area (Å²) in [7, 11) is 0. The number of carbonyl (C=O) groups is 4. The van der Waals surface area contributed by atoms with E-state index in [0.717, 1.165) is 0 Å². The molecular weight excluding hydrogens is 252 g/mol. The van der Waals surface area contributed by atoms with Crippen molar-refractivity contribution in [1.29, 1.82) is 0 Å². The Balaban J connectivity index is 2.11. The predicted octanol–water partition coefficient (Wildman–Crippen LogP) is 0.502. The highest BCUT2D eigenvalue weighted by Crippen LogP contribution is 2.54. The van der Waals surface area contributed by atoms with Gasteiger partial charge in [0.15, 0.2) is 0 Å². The summed E-state index contributed by atoms with van der Waals surface area (Å²) in [4.78, 5) is 47.1. The van der Waals surface area contributed by atoms with Crippen LogP contribution in [0.1, 0.15) is 26.2 Å². The lowest BCUT2D eigenvalue weighted by Gasteiger charge is -2.35. The molecule has 2 aliphatic heterocycles. The van der Waals surface area contributed by atoms with Gasteiger partial charge in [-0.3, -0.25) is 19.2 Å². The average molecular weight is 264 g/mol. The van der Waals surface area contributed by atoms with Crippen molar-refractivity contribution in [2.24, 2.45) is 17.3 Å². The number of fused-ring (bicyclic) bond motifs is 1. The Morgan fingerprint density at radius 3 is 2.53 bits per heavy atom. The van der Waals surface area contributed by atoms with E-state index in [9.17, 15) is 19.2 Å². The van der Waals surface area contributed by atoms with Crippen LogP contribution in [0.5, 0.6) is 0 Å². The molecule has 6 nitrogen and oxygen atoms in total. The first kappa shape index (κ1) is 12.1. The fraction of sp³-hybridized carbons (Fsp3) is 0.538. The van der Waals surface area contributed by atoms with Crippen molar-refractivity contribution in [3.8, 4) is 0 Å². The molecule has 19 heavy (non-hydrogen) atoms. The van der Waals surface area contributed by atoms with E-state index in [1.807, 2.05) is 6.08 Å². The summed E-state index contributed by atoms with van der Waals surface area (Å²) in [6, 6.07) is 0. The molecule has 6 heteroatoms. The van der Waals surface area contributed by atoms with Crippen LogP contribution in [0.4, 0.5) is 0 Å². The summed E-state index contributed by atoms with van der Waals surface area (Å²) in [6.45, 7) is 1.74. The summed E-state index contributed by atoms with van der Waals surface area (Å²) < 4.78 is 9.27. The number of hydrogen-bond acceptors (Lipinski definition) is 6. The van der Waals surface area contributed by atoms with Crippen LogP contribution in [-0.2, 0) is 28.7 Å². The summed E-state index contributed by atoms with van der Waals surface area (Å²) in [5, 5.41) is 0. The zero-order valence-electron chi connectivity index (χ0n) is 10.3. The smallest absolute Gasteiger partial charge is 0.321 e. The summed E-state index contributed by atoms with van der Waals surface area (Å²) >= 11 is 0. The zero-order valence-corrected chi connectivity index (χ0v) is 10.3. The van der Waals surface area contributed by atoms with E-state index in [1.165, 1.54) is 0 Å². The molecule has 2 heterocycles. The van der Waals surface area contributed by atoms with Crippen LogP contribution < -0.4 is 0 Å². The van der Waals surface area contributed by atoms with Crippen LogP contribution in [0.2, 0.25) is 0 Å². The number of cyclic esters (lactones) is 4. The van der Waals surface area contributed by atoms with Gasteiger partial charge >= 0.3 is 23.9 Å². The second kappa shape index (κ2) is 3.76. The fourth-order valence-electron chi connectivity index (χ4n) is 3.45. The van der Waals surface area contributed by atoms with E-state index in [2.05, 4.69) is 4.74 Å². The van der Waals surface area contributed by atoms with Crippen LogP contribution in [0.15, 0.2) is 11.6 Å². The maximum Gasteiger partial charge on any atom is 0.321 e. The van der Waals surface area contributed by atoms with Crippen LogP contribution in [0.3, 0.4) is 0 Å². The minimum absolute atomic E-state index is 0.162. The fourth-order valence-corrected chi connectivity index (χ4v) is 3.45. The highest BCUT2D eigenvalue weighted by Gasteiger charge is 2.66. The molecule has 3 atom stereocenters. The van der Waals surface area contributed by atoms with Crippen LogP contribution in [0.25, 0.3) is 0 Å². The molecular formula is C13H12O6. The van der Waals surface area contributed by atoms with Gasteiger partial charge < -0.3 is 9.47 Å². The first-order valence-electron chi connectivity index (χ1n) is 6.14. The Hall–Kier alpha value is -1.98. The van der Waals surface area contributed by atoms with Crippen molar-refractivity contribution in [2.75, 3.05) is 0 Å². The standard InChI is InChI=1S/C13H12O6/c1-6-3-2-4-13(7-5-8(14)18-10(7)15)9(6)11(16)19-12(13)17/h3,7,9H,2,4-5H2,1H3. The highest BCUT2D eigenvalue weighted by molar-refractivity contribution is 6.06. The van der Waals surface area contributed by atoms with Gasteiger partial charge in [-0.1, -0.05) is 11.6 Å². The van der Waals surface area contributed by atoms with E-state index in [0.29, 0.717) is 18.4 Å². The first-order chi connectivity index (χ1) is 8.96. The molecule has 0 bridgehead atoms. The van der Waals surface area contributed by atoms with Crippen molar-refractivity contribution in [3.05, 3.63) is 11.6 Å². The maximum atomic E-state index is 12.1. The van der Waals surface area contributed by atoms with Crippen molar-refractivity contribution >= 4 is 23.9 Å². The molecule has 3 rings (SSSR count). The Morgan fingerprint density at radius 1 is 1.16 bits per heavy atom. The van der Waals surface area contributed by atoms with Gasteiger partial charge in [0.25, 0.3) is 0 Å². The van der Waals surface area contributed by atoms with E-state index in [-0.39, 0.29) is 6.42 Å². The Kier molecular flexibility index (Phi) is 2.39. The van der Waals surface area contributed by atoms with Gasteiger partial charge in [-0.2, -0.15) is 0 Å². The molecule has 2 saturated heterocycles. The molecule has 0 amide bonds. The van der Waals surface area contributed by atoms with Gasteiger partial charge in [0.2, 0.25) is 0 Å². The number of hydrogen-bond donors (Lipinski definition) is 0. The first-order valence-corrected chi connectivity index (χ1v) is 6.14. The number of allylic oxidation sites excluding steroid dienone is 1. The third-order valence-corrected chi connectivity index (χ3v) is 4.30. The van der Waals surface area contributed by atoms with Crippen molar-refractivity contribution in [1.82, 2.24) is 0 Å². The minimum atomic E-state index is -1.25. The van der Waals surface area contributed by atoms with Gasteiger partial charge in [0, 0.05) is 0 Å². The number of rotatable bonds is 1. The van der Waals surface area contributed by atoms with Gasteiger partial charge in [-0.25, -0.2) is 0 Å². The SMILES string of the molecule is CC1=CCCC2(C3CC(=O)OC3=O)C(=O)OC(=O)C12. The Labute approximate surface area is 108 Å². The topological polar surface area (TPSA) is 86.7 Å². The molecule has 1 aliphatic carbocycles. The second-order valence-corrected chi connectivity index (χ2v) is 5.22. The predicted molar refractivity (Wildman–Crippen MR) is 59.2 cm³/mol. The highest BCUT2D eigenvalue weighted by atomic mass is 16.6. The summed E-state index contributed by atoms with van der Waals surface area (Å²) in [6.07, 6.45) is 2.60. The molecule has 0 spiro atoms. The molecule has 3 unspecified atom stereocenters. The van der Waals surface area contributed by atoms with Gasteiger partial charge in [-0.15, -0.1) is 0 Å². The van der Waals surface area contributed by atoms with E-state index < -0.39 is 41.1 Å².